The monoisotopic (exact) mass is 526 g/mol. The molecular weight excluding hydrogens is 496 g/mol. The lowest BCUT2D eigenvalue weighted by atomic mass is 10.1. The van der Waals surface area contributed by atoms with Gasteiger partial charge >= 0.3 is 0 Å². The number of carbonyl (C=O) groups excluding carboxylic acids is 2. The lowest BCUT2D eigenvalue weighted by Crippen LogP contribution is -2.17. The smallest absolute Gasteiger partial charge is 0.256 e. The van der Waals surface area contributed by atoms with Crippen molar-refractivity contribution in [1.82, 2.24) is 29.6 Å². The number of benzene rings is 1. The van der Waals surface area contributed by atoms with Gasteiger partial charge < -0.3 is 20.3 Å². The van der Waals surface area contributed by atoms with E-state index in [4.69, 9.17) is 5.10 Å². The van der Waals surface area contributed by atoms with Crippen LogP contribution >= 0.6 is 0 Å². The molecule has 0 saturated carbocycles. The molecule has 1 fully saturated rings. The molecule has 1 atom stereocenters. The van der Waals surface area contributed by atoms with Crippen molar-refractivity contribution in [3.8, 4) is 23.1 Å². The fraction of sp³-hybridized carbons (Fsp3) is 0.286. The summed E-state index contributed by atoms with van der Waals surface area (Å²) in [5, 5.41) is 11.8. The summed E-state index contributed by atoms with van der Waals surface area (Å²) in [5.74, 6) is 5.68. The number of nitrogens with one attached hydrogen (secondary N) is 2. The van der Waals surface area contributed by atoms with Crippen LogP contribution in [-0.2, 0) is 9.53 Å². The van der Waals surface area contributed by atoms with Crippen LogP contribution in [0.3, 0.4) is 0 Å². The molecule has 1 unspecified atom stereocenters. The number of hydrogen-bond acceptors (Lipinski definition) is 9. The van der Waals surface area contributed by atoms with E-state index in [2.05, 4.69) is 54.1 Å². The van der Waals surface area contributed by atoms with E-state index in [0.29, 0.717) is 24.3 Å². The third kappa shape index (κ3) is 6.62. The van der Waals surface area contributed by atoms with Crippen LogP contribution < -0.4 is 10.6 Å². The fourth-order valence-electron chi connectivity index (χ4n) is 4.29. The molecule has 5 rings (SSSR count). The van der Waals surface area contributed by atoms with Crippen LogP contribution in [0.1, 0.15) is 22.8 Å². The van der Waals surface area contributed by atoms with Gasteiger partial charge in [0.15, 0.2) is 11.9 Å². The molecule has 1 aliphatic rings. The van der Waals surface area contributed by atoms with Gasteiger partial charge in [-0.2, -0.15) is 5.10 Å². The molecule has 2 N–H and O–H groups in total. The van der Waals surface area contributed by atoms with E-state index in [9.17, 15) is 9.59 Å². The predicted molar refractivity (Wildman–Crippen MR) is 149 cm³/mol. The average molecular weight is 527 g/mol. The quantitative estimate of drug-likeness (QED) is 0.288. The maximum absolute atomic E-state index is 12.6. The highest BCUT2D eigenvalue weighted by Gasteiger charge is 2.27. The van der Waals surface area contributed by atoms with Gasteiger partial charge in [0.1, 0.15) is 30.3 Å². The summed E-state index contributed by atoms with van der Waals surface area (Å²) in [6.07, 6.45) is 4.78. The molecule has 3 aromatic heterocycles. The highest BCUT2D eigenvalue weighted by molar-refractivity contribution is 6.04. The number of likely N-dealkylation sites (tertiary alicyclic amines) is 1. The normalized spacial score (nSPS) is 14.6. The zero-order valence-electron chi connectivity index (χ0n) is 22.1. The van der Waals surface area contributed by atoms with Crippen LogP contribution in [0, 0.1) is 11.8 Å². The van der Waals surface area contributed by atoms with Crippen LogP contribution in [0.25, 0.3) is 22.3 Å². The first kappa shape index (κ1) is 27.4. The lowest BCUT2D eigenvalue weighted by molar-refractivity contribution is -0.103. The second-order valence-corrected chi connectivity index (χ2v) is 8.79. The molecule has 0 spiro atoms. The number of carbonyl (C=O) groups is 2. The Balaban J connectivity index is 0.000000448. The first-order chi connectivity index (χ1) is 19.0. The average Bonchev–Trinajstić information content (AvgIpc) is 3.58. The number of ether oxygens (including phenoxy) is 1. The van der Waals surface area contributed by atoms with Gasteiger partial charge in [0.25, 0.3) is 5.91 Å². The number of rotatable bonds is 6. The highest BCUT2D eigenvalue weighted by atomic mass is 16.5. The van der Waals surface area contributed by atoms with Crippen molar-refractivity contribution in [3.63, 3.8) is 0 Å². The van der Waals surface area contributed by atoms with Crippen LogP contribution in [-0.4, -0.2) is 82.7 Å². The van der Waals surface area contributed by atoms with E-state index in [1.807, 2.05) is 29.9 Å². The van der Waals surface area contributed by atoms with Gasteiger partial charge in [-0.15, -0.1) is 0 Å². The van der Waals surface area contributed by atoms with Gasteiger partial charge in [-0.05, 0) is 43.7 Å². The Kier molecular flexibility index (Phi) is 9.29. The maximum atomic E-state index is 12.6. The van der Waals surface area contributed by atoms with Crippen LogP contribution in [0.5, 0.6) is 0 Å². The predicted octanol–water partition coefficient (Wildman–Crippen LogP) is 2.89. The SMILES string of the molecule is CNc1ncnc2c1c(-c1ccc(C(=O)Nc3ccccn3)cc1)nn2C1CCN(C)C1.COCC#CC=O. The van der Waals surface area contributed by atoms with Gasteiger partial charge in [0, 0.05) is 44.6 Å². The summed E-state index contributed by atoms with van der Waals surface area (Å²) in [5.41, 5.74) is 3.07. The van der Waals surface area contributed by atoms with Crippen LogP contribution in [0.2, 0.25) is 0 Å². The summed E-state index contributed by atoms with van der Waals surface area (Å²) in [6, 6.07) is 13.1. The van der Waals surface area contributed by atoms with Crippen molar-refractivity contribution >= 4 is 34.9 Å². The third-order valence-electron chi connectivity index (χ3n) is 6.14. The summed E-state index contributed by atoms with van der Waals surface area (Å²) < 4.78 is 6.54. The number of aromatic nitrogens is 5. The Morgan fingerprint density at radius 2 is 2.00 bits per heavy atom. The number of pyridine rings is 1. The van der Waals surface area contributed by atoms with Crippen molar-refractivity contribution in [2.75, 3.05) is 51.5 Å². The number of amides is 1. The molecule has 4 aromatic rings. The standard InChI is InChI=1S/C23H24N8O.C5H6O2/c1-24-21-19-20(29-31(22(19)27-14-26-21)17-10-12-30(2)13-17)15-6-8-16(9-7-15)23(32)28-18-5-3-4-11-25-18;1-7-5-3-2-4-6/h3-9,11,14,17H,10,12-13H2,1-2H3,(H,24,26,27)(H,25,28,32);4H,5H2,1H3. The number of fused-ring (bicyclic) bond motifs is 1. The molecule has 1 aliphatic heterocycles. The molecule has 0 aliphatic carbocycles. The van der Waals surface area contributed by atoms with Crippen LogP contribution in [0.4, 0.5) is 11.6 Å². The van der Waals surface area contributed by atoms with Gasteiger partial charge in [-0.3, -0.25) is 9.59 Å². The lowest BCUT2D eigenvalue weighted by Gasteiger charge is -2.11. The Bertz CT molecular complexity index is 1480. The van der Waals surface area contributed by atoms with E-state index in [1.54, 1.807) is 36.8 Å². The molecule has 39 heavy (non-hydrogen) atoms. The molecule has 200 valence electrons. The number of hydrogen-bond donors (Lipinski definition) is 2. The van der Waals surface area contributed by atoms with Gasteiger partial charge in [-0.25, -0.2) is 19.6 Å². The Morgan fingerprint density at radius 3 is 2.64 bits per heavy atom. The minimum absolute atomic E-state index is 0.209. The molecule has 0 radical (unpaired) electrons. The minimum atomic E-state index is -0.209. The second kappa shape index (κ2) is 13.2. The van der Waals surface area contributed by atoms with Crippen molar-refractivity contribution in [2.45, 2.75) is 12.5 Å². The van der Waals surface area contributed by atoms with E-state index >= 15 is 0 Å². The first-order valence-corrected chi connectivity index (χ1v) is 12.4. The number of methoxy groups -OCH3 is 1. The number of likely N-dealkylation sites (N-methyl/N-ethyl adjacent to an activating group) is 1. The summed E-state index contributed by atoms with van der Waals surface area (Å²) >= 11 is 0. The Labute approximate surface area is 226 Å². The van der Waals surface area contributed by atoms with Gasteiger partial charge in [-0.1, -0.05) is 24.1 Å². The molecule has 4 heterocycles. The summed E-state index contributed by atoms with van der Waals surface area (Å²) in [6.45, 7) is 2.30. The van der Waals surface area contributed by atoms with E-state index in [-0.39, 0.29) is 11.9 Å². The molecule has 0 bridgehead atoms. The maximum Gasteiger partial charge on any atom is 0.256 e. The molecular formula is C28H30N8O3. The summed E-state index contributed by atoms with van der Waals surface area (Å²) in [7, 11) is 5.49. The first-order valence-electron chi connectivity index (χ1n) is 12.4. The molecule has 11 nitrogen and oxygen atoms in total. The van der Waals surface area contributed by atoms with Crippen molar-refractivity contribution < 1.29 is 14.3 Å². The Morgan fingerprint density at radius 1 is 1.18 bits per heavy atom. The Hall–Kier alpha value is -4.66. The highest BCUT2D eigenvalue weighted by Crippen LogP contribution is 2.34. The third-order valence-corrected chi connectivity index (χ3v) is 6.14. The van der Waals surface area contributed by atoms with Crippen LogP contribution in [0.15, 0.2) is 55.0 Å². The number of aldehydes is 1. The molecule has 11 heteroatoms. The van der Waals surface area contributed by atoms with E-state index in [0.717, 1.165) is 47.6 Å². The van der Waals surface area contributed by atoms with Gasteiger partial charge in [0.2, 0.25) is 0 Å². The summed E-state index contributed by atoms with van der Waals surface area (Å²) in [4.78, 5) is 37.4. The van der Waals surface area contributed by atoms with Crippen molar-refractivity contribution in [3.05, 3.63) is 60.6 Å². The topological polar surface area (TPSA) is 127 Å². The molecule has 1 amide bonds. The fourth-order valence-corrected chi connectivity index (χ4v) is 4.29. The van der Waals surface area contributed by atoms with Gasteiger partial charge in [0.05, 0.1) is 11.4 Å². The van der Waals surface area contributed by atoms with E-state index < -0.39 is 0 Å². The van der Waals surface area contributed by atoms with Crippen molar-refractivity contribution in [1.29, 1.82) is 0 Å². The van der Waals surface area contributed by atoms with E-state index in [1.165, 1.54) is 7.11 Å². The zero-order chi connectivity index (χ0) is 27.6. The van der Waals surface area contributed by atoms with Crippen molar-refractivity contribution in [2.24, 2.45) is 0 Å². The molecule has 1 saturated heterocycles. The largest absolute Gasteiger partial charge is 0.372 e. The number of anilines is 2. The minimum Gasteiger partial charge on any atom is -0.372 e. The second-order valence-electron chi connectivity index (χ2n) is 8.79. The molecule has 1 aromatic carbocycles. The number of nitrogens with zero attached hydrogens (tertiary/aromatic N) is 6. The zero-order valence-corrected chi connectivity index (χ0v) is 22.1.